The lowest BCUT2D eigenvalue weighted by molar-refractivity contribution is 0.435. The summed E-state index contributed by atoms with van der Waals surface area (Å²) in [7, 11) is 0. The van der Waals surface area contributed by atoms with Gasteiger partial charge in [-0.2, -0.15) is 0 Å². The first-order valence-corrected chi connectivity index (χ1v) is 8.09. The minimum absolute atomic E-state index is 0.0103. The Balaban J connectivity index is 1.83. The molecule has 112 valence electrons. The summed E-state index contributed by atoms with van der Waals surface area (Å²) < 4.78 is 2.30. The topological polar surface area (TPSA) is 43.8 Å². The lowest BCUT2D eigenvalue weighted by Crippen LogP contribution is -2.24. The van der Waals surface area contributed by atoms with E-state index >= 15 is 0 Å². The summed E-state index contributed by atoms with van der Waals surface area (Å²) in [6, 6.07) is 8.96. The molecule has 1 aromatic heterocycles. The molecule has 1 aromatic carbocycles. The summed E-state index contributed by atoms with van der Waals surface area (Å²) >= 11 is 0. The van der Waals surface area contributed by atoms with Gasteiger partial charge in [0.15, 0.2) is 0 Å². The number of hydrogen-bond donors (Lipinski definition) is 1. The van der Waals surface area contributed by atoms with Crippen LogP contribution in [0.1, 0.15) is 61.3 Å². The molecule has 0 bridgehead atoms. The maximum absolute atomic E-state index is 6.51. The highest BCUT2D eigenvalue weighted by Gasteiger charge is 2.22. The number of nitrogens with zero attached hydrogens (tertiary/aromatic N) is 2. The van der Waals surface area contributed by atoms with E-state index in [4.69, 9.17) is 5.73 Å². The van der Waals surface area contributed by atoms with Crippen molar-refractivity contribution in [3.63, 3.8) is 0 Å². The maximum Gasteiger partial charge on any atom is 0.0954 e. The van der Waals surface area contributed by atoms with Crippen molar-refractivity contribution in [2.24, 2.45) is 5.73 Å². The molecule has 2 N–H and O–H groups in total. The van der Waals surface area contributed by atoms with Gasteiger partial charge >= 0.3 is 0 Å². The fraction of sp³-hybridized carbons (Fsp3) is 0.500. The molecule has 2 aromatic rings. The van der Waals surface area contributed by atoms with Crippen LogP contribution in [0.15, 0.2) is 30.6 Å². The van der Waals surface area contributed by atoms with Gasteiger partial charge in [0.25, 0.3) is 0 Å². The number of aryl methyl sites for hydroxylation is 2. The van der Waals surface area contributed by atoms with Crippen LogP contribution < -0.4 is 5.73 Å². The Labute approximate surface area is 127 Å². The minimum atomic E-state index is 0.0103. The third-order valence-electron chi connectivity index (χ3n) is 4.79. The van der Waals surface area contributed by atoms with Crippen molar-refractivity contribution in [2.75, 3.05) is 0 Å². The maximum atomic E-state index is 6.51. The standard InChI is InChI=1S/C18H25N3/c1-3-14-8-10-15(11-9-14)18(19)13(2)21-12-20-16-6-4-5-7-17(16)21/h8-13,18H,3-7,19H2,1-2H3. The molecule has 21 heavy (non-hydrogen) atoms. The van der Waals surface area contributed by atoms with Crippen LogP contribution in [0.2, 0.25) is 0 Å². The van der Waals surface area contributed by atoms with Gasteiger partial charge in [-0.25, -0.2) is 4.98 Å². The summed E-state index contributed by atoms with van der Waals surface area (Å²) in [5, 5.41) is 0. The van der Waals surface area contributed by atoms with Crippen LogP contribution in [-0.4, -0.2) is 9.55 Å². The third-order valence-corrected chi connectivity index (χ3v) is 4.79. The Morgan fingerprint density at radius 1 is 1.19 bits per heavy atom. The van der Waals surface area contributed by atoms with Gasteiger partial charge in [-0.1, -0.05) is 31.2 Å². The van der Waals surface area contributed by atoms with E-state index < -0.39 is 0 Å². The van der Waals surface area contributed by atoms with Crippen molar-refractivity contribution in [1.29, 1.82) is 0 Å². The summed E-state index contributed by atoms with van der Waals surface area (Å²) in [5.74, 6) is 0. The molecule has 1 aliphatic carbocycles. The number of rotatable bonds is 4. The fourth-order valence-electron chi connectivity index (χ4n) is 3.27. The Kier molecular flexibility index (Phi) is 4.11. The monoisotopic (exact) mass is 283 g/mol. The quantitative estimate of drug-likeness (QED) is 0.932. The zero-order chi connectivity index (χ0) is 14.8. The first-order valence-electron chi connectivity index (χ1n) is 8.09. The number of fused-ring (bicyclic) bond motifs is 1. The lowest BCUT2D eigenvalue weighted by Gasteiger charge is -2.25. The number of benzene rings is 1. The zero-order valence-electron chi connectivity index (χ0n) is 13.0. The van der Waals surface area contributed by atoms with E-state index in [1.165, 1.54) is 35.4 Å². The van der Waals surface area contributed by atoms with E-state index in [2.05, 4.69) is 47.7 Å². The third kappa shape index (κ3) is 2.75. The van der Waals surface area contributed by atoms with Crippen molar-refractivity contribution < 1.29 is 0 Å². The van der Waals surface area contributed by atoms with E-state index in [9.17, 15) is 0 Å². The molecule has 0 amide bonds. The van der Waals surface area contributed by atoms with Gasteiger partial charge in [0.05, 0.1) is 24.1 Å². The van der Waals surface area contributed by atoms with Crippen molar-refractivity contribution in [1.82, 2.24) is 9.55 Å². The summed E-state index contributed by atoms with van der Waals surface area (Å²) in [5.41, 5.74) is 11.7. The van der Waals surface area contributed by atoms with Crippen molar-refractivity contribution >= 4 is 0 Å². The Morgan fingerprint density at radius 2 is 1.90 bits per heavy atom. The van der Waals surface area contributed by atoms with E-state index in [-0.39, 0.29) is 12.1 Å². The predicted molar refractivity (Wildman–Crippen MR) is 86.3 cm³/mol. The van der Waals surface area contributed by atoms with Crippen molar-refractivity contribution in [3.8, 4) is 0 Å². The van der Waals surface area contributed by atoms with E-state index in [1.807, 2.05) is 6.33 Å². The van der Waals surface area contributed by atoms with Crippen LogP contribution in [0.3, 0.4) is 0 Å². The highest BCUT2D eigenvalue weighted by Crippen LogP contribution is 2.29. The molecule has 0 saturated heterocycles. The van der Waals surface area contributed by atoms with Crippen LogP contribution >= 0.6 is 0 Å². The highest BCUT2D eigenvalue weighted by atomic mass is 15.1. The zero-order valence-corrected chi connectivity index (χ0v) is 13.0. The second kappa shape index (κ2) is 6.02. The molecule has 0 spiro atoms. The van der Waals surface area contributed by atoms with Gasteiger partial charge in [-0.3, -0.25) is 0 Å². The molecule has 2 unspecified atom stereocenters. The lowest BCUT2D eigenvalue weighted by atomic mass is 9.97. The first kappa shape index (κ1) is 14.3. The van der Waals surface area contributed by atoms with E-state index in [0.29, 0.717) is 0 Å². The molecule has 0 fully saturated rings. The summed E-state index contributed by atoms with van der Waals surface area (Å²) in [4.78, 5) is 4.59. The van der Waals surface area contributed by atoms with Crippen LogP contribution in [-0.2, 0) is 19.3 Å². The molecule has 0 saturated carbocycles. The summed E-state index contributed by atoms with van der Waals surface area (Å²) in [6.07, 6.45) is 7.85. The number of imidazole rings is 1. The number of hydrogen-bond acceptors (Lipinski definition) is 2. The molecular weight excluding hydrogens is 258 g/mol. The molecule has 3 rings (SSSR count). The molecule has 0 radical (unpaired) electrons. The molecule has 0 aliphatic heterocycles. The molecular formula is C18H25N3. The second-order valence-corrected chi connectivity index (χ2v) is 6.11. The van der Waals surface area contributed by atoms with Gasteiger partial charge in [-0.05, 0) is 50.2 Å². The van der Waals surface area contributed by atoms with Gasteiger partial charge in [0.2, 0.25) is 0 Å². The van der Waals surface area contributed by atoms with Crippen LogP contribution in [0, 0.1) is 0 Å². The Hall–Kier alpha value is -1.61. The van der Waals surface area contributed by atoms with E-state index in [1.54, 1.807) is 0 Å². The molecule has 3 nitrogen and oxygen atoms in total. The average Bonchev–Trinajstić information content (AvgIpc) is 2.97. The van der Waals surface area contributed by atoms with Crippen LogP contribution in [0.5, 0.6) is 0 Å². The highest BCUT2D eigenvalue weighted by molar-refractivity contribution is 5.26. The Morgan fingerprint density at radius 3 is 2.62 bits per heavy atom. The van der Waals surface area contributed by atoms with Crippen molar-refractivity contribution in [3.05, 3.63) is 53.1 Å². The smallest absolute Gasteiger partial charge is 0.0954 e. The minimum Gasteiger partial charge on any atom is -0.330 e. The second-order valence-electron chi connectivity index (χ2n) is 6.11. The van der Waals surface area contributed by atoms with Crippen LogP contribution in [0.4, 0.5) is 0 Å². The first-order chi connectivity index (χ1) is 10.2. The van der Waals surface area contributed by atoms with Gasteiger partial charge in [-0.15, -0.1) is 0 Å². The number of aromatic nitrogens is 2. The predicted octanol–water partition coefficient (Wildman–Crippen LogP) is 3.59. The molecule has 2 atom stereocenters. The summed E-state index contributed by atoms with van der Waals surface area (Å²) in [6.45, 7) is 4.38. The van der Waals surface area contributed by atoms with Gasteiger partial charge in [0.1, 0.15) is 0 Å². The Bertz CT molecular complexity index is 597. The van der Waals surface area contributed by atoms with Crippen molar-refractivity contribution in [2.45, 2.75) is 58.0 Å². The molecule has 3 heteroatoms. The van der Waals surface area contributed by atoms with E-state index in [0.717, 1.165) is 19.3 Å². The largest absolute Gasteiger partial charge is 0.330 e. The number of nitrogens with two attached hydrogens (primary N) is 1. The average molecular weight is 283 g/mol. The van der Waals surface area contributed by atoms with Gasteiger partial charge < -0.3 is 10.3 Å². The van der Waals surface area contributed by atoms with Crippen LogP contribution in [0.25, 0.3) is 0 Å². The molecule has 1 heterocycles. The SMILES string of the molecule is CCc1ccc(C(N)C(C)n2cnc3c2CCCC3)cc1. The van der Waals surface area contributed by atoms with Gasteiger partial charge in [0, 0.05) is 5.69 Å². The molecule has 1 aliphatic rings. The fourth-order valence-corrected chi connectivity index (χ4v) is 3.27. The normalized spacial score (nSPS) is 17.3.